The summed E-state index contributed by atoms with van der Waals surface area (Å²) in [6.07, 6.45) is 1.97. The van der Waals surface area contributed by atoms with Gasteiger partial charge in [0.25, 0.3) is 5.91 Å². The molecular weight excluding hydrogens is 324 g/mol. The van der Waals surface area contributed by atoms with Crippen molar-refractivity contribution < 1.29 is 4.79 Å². The Morgan fingerprint density at radius 1 is 1.47 bits per heavy atom. The van der Waals surface area contributed by atoms with Gasteiger partial charge in [0.2, 0.25) is 0 Å². The van der Waals surface area contributed by atoms with E-state index in [4.69, 9.17) is 5.73 Å². The molecule has 1 aromatic carbocycles. The van der Waals surface area contributed by atoms with Crippen LogP contribution < -0.4 is 11.1 Å². The molecule has 0 saturated carbocycles. The average molecular weight is 339 g/mol. The van der Waals surface area contributed by atoms with Gasteiger partial charge in [-0.3, -0.25) is 4.79 Å². The Morgan fingerprint density at radius 3 is 2.89 bits per heavy atom. The molecule has 2 aromatic rings. The van der Waals surface area contributed by atoms with E-state index in [2.05, 4.69) is 21.2 Å². The van der Waals surface area contributed by atoms with Gasteiger partial charge in [-0.1, -0.05) is 27.6 Å². The zero-order valence-corrected chi connectivity index (χ0v) is 13.2. The summed E-state index contributed by atoms with van der Waals surface area (Å²) in [5, 5.41) is 3.77. The number of nitrogen functional groups attached to an aromatic ring is 1. The molecule has 0 fully saturated rings. The molecule has 2 rings (SSSR count). The van der Waals surface area contributed by atoms with E-state index in [1.807, 2.05) is 38.1 Å². The number of benzene rings is 1. The van der Waals surface area contributed by atoms with E-state index in [1.165, 1.54) is 16.9 Å². The van der Waals surface area contributed by atoms with Crippen LogP contribution >= 0.6 is 27.3 Å². The summed E-state index contributed by atoms with van der Waals surface area (Å²) < 4.78 is 1.98. The maximum atomic E-state index is 12.1. The van der Waals surface area contributed by atoms with Crippen LogP contribution in [0.5, 0.6) is 0 Å². The monoisotopic (exact) mass is 338 g/mol. The van der Waals surface area contributed by atoms with Crippen LogP contribution in [0.1, 0.15) is 23.5 Å². The number of hydrogen-bond donors (Lipinski definition) is 2. The molecule has 0 saturated heterocycles. The lowest BCUT2D eigenvalue weighted by molar-refractivity contribution is 0.0963. The van der Waals surface area contributed by atoms with Crippen LogP contribution in [0.15, 0.2) is 34.3 Å². The number of thiophene rings is 1. The van der Waals surface area contributed by atoms with E-state index in [9.17, 15) is 4.79 Å². The number of halogens is 1. The van der Waals surface area contributed by atoms with Crippen LogP contribution in [0.25, 0.3) is 10.1 Å². The summed E-state index contributed by atoms with van der Waals surface area (Å²) in [5.41, 5.74) is 7.78. The van der Waals surface area contributed by atoms with Gasteiger partial charge in [0, 0.05) is 21.1 Å². The topological polar surface area (TPSA) is 55.1 Å². The van der Waals surface area contributed by atoms with Crippen molar-refractivity contribution in [2.75, 3.05) is 12.3 Å². The summed E-state index contributed by atoms with van der Waals surface area (Å²) in [6, 6.07) is 5.85. The van der Waals surface area contributed by atoms with E-state index in [1.54, 1.807) is 0 Å². The van der Waals surface area contributed by atoms with Gasteiger partial charge in [0.1, 0.15) is 4.88 Å². The van der Waals surface area contributed by atoms with Crippen LogP contribution in [0.4, 0.5) is 5.69 Å². The first-order chi connectivity index (χ1) is 8.99. The first-order valence-electron chi connectivity index (χ1n) is 5.88. The van der Waals surface area contributed by atoms with Crippen LogP contribution in [-0.2, 0) is 0 Å². The maximum absolute atomic E-state index is 12.1. The number of carbonyl (C=O) groups is 1. The molecule has 0 unspecified atom stereocenters. The molecule has 0 spiro atoms. The Kier molecular flexibility index (Phi) is 4.27. The predicted octanol–water partition coefficient (Wildman–Crippen LogP) is 3.94. The summed E-state index contributed by atoms with van der Waals surface area (Å²) in [5.74, 6) is -0.118. The molecule has 5 heteroatoms. The summed E-state index contributed by atoms with van der Waals surface area (Å²) in [6.45, 7) is 4.52. The third-order valence-corrected chi connectivity index (χ3v) is 4.35. The highest BCUT2D eigenvalue weighted by Crippen LogP contribution is 2.35. The number of hydrogen-bond acceptors (Lipinski definition) is 3. The third-order valence-electron chi connectivity index (χ3n) is 2.67. The van der Waals surface area contributed by atoms with E-state index < -0.39 is 0 Å². The molecule has 0 aliphatic rings. The SMILES string of the molecule is CC(C)=CCNC(=O)c1sc2ccc(Br)cc2c1N. The van der Waals surface area contributed by atoms with Crippen LogP contribution in [0.3, 0.4) is 0 Å². The highest BCUT2D eigenvalue weighted by Gasteiger charge is 2.15. The van der Waals surface area contributed by atoms with Gasteiger partial charge >= 0.3 is 0 Å². The first-order valence-corrected chi connectivity index (χ1v) is 7.49. The highest BCUT2D eigenvalue weighted by atomic mass is 79.9. The zero-order valence-electron chi connectivity index (χ0n) is 10.8. The quantitative estimate of drug-likeness (QED) is 0.832. The van der Waals surface area contributed by atoms with Crippen LogP contribution in [0.2, 0.25) is 0 Å². The Labute approximate surface area is 124 Å². The largest absolute Gasteiger partial charge is 0.397 e. The molecule has 0 radical (unpaired) electrons. The number of nitrogens with one attached hydrogen (secondary N) is 1. The molecule has 1 amide bonds. The van der Waals surface area contributed by atoms with Gasteiger partial charge in [0.15, 0.2) is 0 Å². The van der Waals surface area contributed by atoms with E-state index >= 15 is 0 Å². The van der Waals surface area contributed by atoms with Gasteiger partial charge in [-0.15, -0.1) is 11.3 Å². The molecule has 19 heavy (non-hydrogen) atoms. The summed E-state index contributed by atoms with van der Waals surface area (Å²) >= 11 is 4.83. The number of allylic oxidation sites excluding steroid dienone is 1. The molecule has 3 nitrogen and oxygen atoms in total. The highest BCUT2D eigenvalue weighted by molar-refractivity contribution is 9.10. The predicted molar refractivity (Wildman–Crippen MR) is 85.7 cm³/mol. The second-order valence-corrected chi connectivity index (χ2v) is 6.44. The Balaban J connectivity index is 2.27. The molecule has 3 N–H and O–H groups in total. The number of carbonyl (C=O) groups excluding carboxylic acids is 1. The fourth-order valence-electron chi connectivity index (χ4n) is 1.69. The van der Waals surface area contributed by atoms with Crippen molar-refractivity contribution in [1.29, 1.82) is 0 Å². The fraction of sp³-hybridized carbons (Fsp3) is 0.214. The molecule has 0 bridgehead atoms. The lowest BCUT2D eigenvalue weighted by Gasteiger charge is -2.01. The molecule has 0 atom stereocenters. The standard InChI is InChI=1S/C14H15BrN2OS/c1-8(2)5-6-17-14(18)13-12(16)10-7-9(15)3-4-11(10)19-13/h3-5,7H,6,16H2,1-2H3,(H,17,18). The number of anilines is 1. The van der Waals surface area contributed by atoms with Crippen LogP contribution in [-0.4, -0.2) is 12.5 Å². The van der Waals surface area contributed by atoms with Crippen molar-refractivity contribution >= 4 is 48.9 Å². The minimum Gasteiger partial charge on any atom is -0.397 e. The minimum absolute atomic E-state index is 0.118. The molecule has 1 heterocycles. The van der Waals surface area contributed by atoms with Gasteiger partial charge in [-0.2, -0.15) is 0 Å². The second-order valence-electron chi connectivity index (χ2n) is 4.48. The number of nitrogens with two attached hydrogens (primary N) is 1. The number of rotatable bonds is 3. The second kappa shape index (κ2) is 5.75. The third kappa shape index (κ3) is 3.16. The van der Waals surface area contributed by atoms with Crippen molar-refractivity contribution in [2.45, 2.75) is 13.8 Å². The number of fused-ring (bicyclic) bond motifs is 1. The van der Waals surface area contributed by atoms with Gasteiger partial charge < -0.3 is 11.1 Å². The minimum atomic E-state index is -0.118. The Morgan fingerprint density at radius 2 is 2.21 bits per heavy atom. The average Bonchev–Trinajstić information content (AvgIpc) is 2.66. The molecule has 1 aromatic heterocycles. The van der Waals surface area contributed by atoms with Crippen molar-refractivity contribution in [3.63, 3.8) is 0 Å². The Bertz CT molecular complexity index is 657. The fourth-order valence-corrected chi connectivity index (χ4v) is 3.07. The summed E-state index contributed by atoms with van der Waals surface area (Å²) in [4.78, 5) is 12.7. The van der Waals surface area contributed by atoms with Gasteiger partial charge in [0.05, 0.1) is 5.69 Å². The maximum Gasteiger partial charge on any atom is 0.263 e. The number of amides is 1. The first kappa shape index (κ1) is 14.1. The van der Waals surface area contributed by atoms with Gasteiger partial charge in [-0.25, -0.2) is 0 Å². The van der Waals surface area contributed by atoms with Crippen molar-refractivity contribution in [3.05, 3.63) is 39.2 Å². The lowest BCUT2D eigenvalue weighted by atomic mass is 10.2. The van der Waals surface area contributed by atoms with Crippen LogP contribution in [0, 0.1) is 0 Å². The van der Waals surface area contributed by atoms with Crippen molar-refractivity contribution in [3.8, 4) is 0 Å². The smallest absolute Gasteiger partial charge is 0.263 e. The van der Waals surface area contributed by atoms with Crippen molar-refractivity contribution in [1.82, 2.24) is 5.32 Å². The molecule has 100 valence electrons. The normalized spacial score (nSPS) is 10.5. The van der Waals surface area contributed by atoms with E-state index in [0.29, 0.717) is 17.1 Å². The van der Waals surface area contributed by atoms with E-state index in [0.717, 1.165) is 14.6 Å². The van der Waals surface area contributed by atoms with Crippen molar-refractivity contribution in [2.24, 2.45) is 0 Å². The summed E-state index contributed by atoms with van der Waals surface area (Å²) in [7, 11) is 0. The zero-order chi connectivity index (χ0) is 14.0. The van der Waals surface area contributed by atoms with Gasteiger partial charge in [-0.05, 0) is 32.0 Å². The molecule has 0 aliphatic heterocycles. The lowest BCUT2D eigenvalue weighted by Crippen LogP contribution is -2.23. The Hall–Kier alpha value is -1.33. The molecule has 0 aliphatic carbocycles. The van der Waals surface area contributed by atoms with E-state index in [-0.39, 0.29) is 5.91 Å². The molecular formula is C14H15BrN2OS.